The summed E-state index contributed by atoms with van der Waals surface area (Å²) >= 11 is 0. The molecule has 24 heavy (non-hydrogen) atoms. The molecule has 3 rings (SSSR count). The van der Waals surface area contributed by atoms with Gasteiger partial charge in [0.05, 0.1) is 16.8 Å². The number of rotatable bonds is 2. The van der Waals surface area contributed by atoms with E-state index in [4.69, 9.17) is 4.74 Å². The van der Waals surface area contributed by atoms with Crippen LogP contribution in [0.15, 0.2) is 59.6 Å². The number of hydrogen-bond donors (Lipinski definition) is 0. The highest BCUT2D eigenvalue weighted by atomic mass is 16.5. The normalized spacial score (nSPS) is 17.0. The summed E-state index contributed by atoms with van der Waals surface area (Å²) in [6, 6.07) is 16.5. The number of carbonyl (C=O) groups excluding carboxylic acids is 2. The van der Waals surface area contributed by atoms with Gasteiger partial charge >= 0.3 is 5.97 Å². The Morgan fingerprint density at radius 2 is 1.62 bits per heavy atom. The van der Waals surface area contributed by atoms with E-state index in [-0.39, 0.29) is 5.78 Å². The highest BCUT2D eigenvalue weighted by molar-refractivity contribution is 6.25. The molecule has 1 unspecified atom stereocenters. The van der Waals surface area contributed by atoms with Crippen molar-refractivity contribution >= 4 is 23.2 Å². The van der Waals surface area contributed by atoms with Gasteiger partial charge in [-0.05, 0) is 32.9 Å². The SMILES string of the molecule is CC(C)(C)C(=O)OC1C(=O)c2ccccc2N=C1c1ccccc1. The number of aliphatic imine (C=N–C) groups is 1. The molecule has 0 bridgehead atoms. The molecule has 0 N–H and O–H groups in total. The first-order chi connectivity index (χ1) is 11.4. The predicted octanol–water partition coefficient (Wildman–Crippen LogP) is 3.96. The van der Waals surface area contributed by atoms with Crippen LogP contribution in [0.3, 0.4) is 0 Å². The molecule has 1 atom stereocenters. The maximum atomic E-state index is 12.9. The fraction of sp³-hybridized carbons (Fsp3) is 0.250. The predicted molar refractivity (Wildman–Crippen MR) is 92.7 cm³/mol. The van der Waals surface area contributed by atoms with Crippen LogP contribution in [0.2, 0.25) is 0 Å². The molecule has 0 amide bonds. The minimum absolute atomic E-state index is 0.239. The van der Waals surface area contributed by atoms with Gasteiger partial charge < -0.3 is 4.74 Å². The molecule has 4 nitrogen and oxygen atoms in total. The summed E-state index contributed by atoms with van der Waals surface area (Å²) in [5, 5.41) is 0. The molecule has 0 spiro atoms. The first-order valence-electron chi connectivity index (χ1n) is 7.86. The fourth-order valence-corrected chi connectivity index (χ4v) is 2.45. The third kappa shape index (κ3) is 3.00. The number of hydrogen-bond acceptors (Lipinski definition) is 4. The zero-order valence-electron chi connectivity index (χ0n) is 13.9. The molecule has 122 valence electrons. The summed E-state index contributed by atoms with van der Waals surface area (Å²) in [6.45, 7) is 5.28. The molecule has 1 aliphatic rings. The molecule has 0 aliphatic carbocycles. The number of esters is 1. The molecule has 0 saturated heterocycles. The van der Waals surface area contributed by atoms with Crippen molar-refractivity contribution in [3.05, 3.63) is 65.7 Å². The Bertz CT molecular complexity index is 816. The molecule has 1 heterocycles. The van der Waals surface area contributed by atoms with Crippen molar-refractivity contribution in [1.29, 1.82) is 0 Å². The molecule has 2 aromatic rings. The number of ketones is 1. The lowest BCUT2D eigenvalue weighted by Gasteiger charge is -2.27. The highest BCUT2D eigenvalue weighted by Gasteiger charge is 2.37. The maximum Gasteiger partial charge on any atom is 0.312 e. The minimum Gasteiger partial charge on any atom is -0.447 e. The number of ether oxygens (including phenoxy) is 1. The Labute approximate surface area is 141 Å². The lowest BCUT2D eigenvalue weighted by atomic mass is 9.92. The van der Waals surface area contributed by atoms with Crippen molar-refractivity contribution in [2.45, 2.75) is 26.9 Å². The van der Waals surface area contributed by atoms with Crippen molar-refractivity contribution in [2.24, 2.45) is 10.4 Å². The van der Waals surface area contributed by atoms with E-state index in [1.54, 1.807) is 39.0 Å². The average molecular weight is 321 g/mol. The van der Waals surface area contributed by atoms with Gasteiger partial charge in [-0.2, -0.15) is 0 Å². The number of carbonyl (C=O) groups is 2. The average Bonchev–Trinajstić information content (AvgIpc) is 2.57. The van der Waals surface area contributed by atoms with Gasteiger partial charge in [-0.3, -0.25) is 9.59 Å². The van der Waals surface area contributed by atoms with Gasteiger partial charge in [-0.1, -0.05) is 42.5 Å². The summed E-state index contributed by atoms with van der Waals surface area (Å²) in [7, 11) is 0. The van der Waals surface area contributed by atoms with Gasteiger partial charge in [0.1, 0.15) is 0 Å². The molecule has 0 fully saturated rings. The lowest BCUT2D eigenvalue weighted by molar-refractivity contribution is -0.153. The summed E-state index contributed by atoms with van der Waals surface area (Å²) in [5.74, 6) is -0.666. The second-order valence-electron chi connectivity index (χ2n) is 6.78. The van der Waals surface area contributed by atoms with E-state index in [0.717, 1.165) is 5.56 Å². The number of para-hydroxylation sites is 1. The Kier molecular flexibility index (Phi) is 4.06. The Balaban J connectivity index is 2.08. The Hall–Kier alpha value is -2.75. The van der Waals surface area contributed by atoms with Crippen molar-refractivity contribution < 1.29 is 14.3 Å². The van der Waals surface area contributed by atoms with E-state index >= 15 is 0 Å². The molecule has 0 aromatic heterocycles. The van der Waals surface area contributed by atoms with Gasteiger partial charge in [0.25, 0.3) is 0 Å². The molecule has 2 aromatic carbocycles. The zero-order valence-corrected chi connectivity index (χ0v) is 13.9. The number of nitrogens with zero attached hydrogens (tertiary/aromatic N) is 1. The third-order valence-corrected chi connectivity index (χ3v) is 3.80. The van der Waals surface area contributed by atoms with Crippen LogP contribution >= 0.6 is 0 Å². The second-order valence-corrected chi connectivity index (χ2v) is 6.78. The van der Waals surface area contributed by atoms with E-state index in [9.17, 15) is 9.59 Å². The van der Waals surface area contributed by atoms with Crippen LogP contribution in [0.4, 0.5) is 5.69 Å². The van der Waals surface area contributed by atoms with Crippen LogP contribution in [0.5, 0.6) is 0 Å². The Morgan fingerprint density at radius 1 is 1.00 bits per heavy atom. The van der Waals surface area contributed by atoms with Gasteiger partial charge in [0.2, 0.25) is 11.9 Å². The van der Waals surface area contributed by atoms with E-state index in [2.05, 4.69) is 4.99 Å². The monoisotopic (exact) mass is 321 g/mol. The van der Waals surface area contributed by atoms with Crippen LogP contribution in [-0.4, -0.2) is 23.6 Å². The first-order valence-corrected chi connectivity index (χ1v) is 7.86. The van der Waals surface area contributed by atoms with E-state index in [1.807, 2.05) is 36.4 Å². The van der Waals surface area contributed by atoms with Gasteiger partial charge in [-0.15, -0.1) is 0 Å². The number of fused-ring (bicyclic) bond motifs is 1. The van der Waals surface area contributed by atoms with E-state index in [1.165, 1.54) is 0 Å². The topological polar surface area (TPSA) is 55.7 Å². The van der Waals surface area contributed by atoms with Crippen LogP contribution in [-0.2, 0) is 9.53 Å². The highest BCUT2D eigenvalue weighted by Crippen LogP contribution is 2.30. The van der Waals surface area contributed by atoms with Crippen LogP contribution in [0.1, 0.15) is 36.7 Å². The van der Waals surface area contributed by atoms with Gasteiger partial charge in [-0.25, -0.2) is 4.99 Å². The smallest absolute Gasteiger partial charge is 0.312 e. The van der Waals surface area contributed by atoms with E-state index in [0.29, 0.717) is 17.0 Å². The largest absolute Gasteiger partial charge is 0.447 e. The maximum absolute atomic E-state index is 12.9. The molecule has 4 heteroatoms. The van der Waals surface area contributed by atoms with Crippen molar-refractivity contribution in [3.63, 3.8) is 0 Å². The standard InChI is InChI=1S/C20H19NO3/c1-20(2,3)19(23)24-18-16(13-9-5-4-6-10-13)21-15-12-8-7-11-14(15)17(18)22/h4-12,18H,1-3H3. The Morgan fingerprint density at radius 3 is 2.29 bits per heavy atom. The summed E-state index contributed by atoms with van der Waals surface area (Å²) < 4.78 is 5.57. The summed E-state index contributed by atoms with van der Waals surface area (Å²) in [5.41, 5.74) is 1.62. The van der Waals surface area contributed by atoms with Crippen LogP contribution in [0.25, 0.3) is 0 Å². The van der Waals surface area contributed by atoms with E-state index < -0.39 is 17.5 Å². The quantitative estimate of drug-likeness (QED) is 0.787. The summed E-state index contributed by atoms with van der Waals surface area (Å²) in [4.78, 5) is 29.8. The zero-order chi connectivity index (χ0) is 17.3. The van der Waals surface area contributed by atoms with Crippen molar-refractivity contribution in [2.75, 3.05) is 0 Å². The number of benzene rings is 2. The molecule has 0 radical (unpaired) electrons. The molecule has 0 saturated carbocycles. The van der Waals surface area contributed by atoms with Crippen molar-refractivity contribution in [1.82, 2.24) is 0 Å². The summed E-state index contributed by atoms with van der Waals surface area (Å²) in [6.07, 6.45) is -1.02. The first kappa shape index (κ1) is 16.1. The van der Waals surface area contributed by atoms with Crippen LogP contribution in [0, 0.1) is 5.41 Å². The van der Waals surface area contributed by atoms with Crippen LogP contribution < -0.4 is 0 Å². The minimum atomic E-state index is -1.02. The molecule has 1 aliphatic heterocycles. The molecular weight excluding hydrogens is 302 g/mol. The number of Topliss-reactive ketones (excluding diaryl/α,β-unsaturated/α-hetero) is 1. The second kappa shape index (κ2) is 6.04. The third-order valence-electron chi connectivity index (χ3n) is 3.80. The van der Waals surface area contributed by atoms with Gasteiger partial charge in [0, 0.05) is 11.1 Å². The van der Waals surface area contributed by atoms with Crippen molar-refractivity contribution in [3.8, 4) is 0 Å². The fourth-order valence-electron chi connectivity index (χ4n) is 2.45. The lowest BCUT2D eigenvalue weighted by Crippen LogP contribution is -2.40. The molecular formula is C20H19NO3. The van der Waals surface area contributed by atoms with Gasteiger partial charge in [0.15, 0.2) is 0 Å².